The monoisotopic (exact) mass is 461 g/mol. The number of fused-ring (bicyclic) bond motifs is 2. The maximum Gasteiger partial charge on any atom is 0.181 e. The number of hydrogen-bond donors (Lipinski definition) is 0. The summed E-state index contributed by atoms with van der Waals surface area (Å²) in [5.41, 5.74) is 5.95. The zero-order valence-electron chi connectivity index (χ0n) is 19.0. The lowest BCUT2D eigenvalue weighted by molar-refractivity contribution is 0.112. The summed E-state index contributed by atoms with van der Waals surface area (Å²) in [6.45, 7) is 2.89. The van der Waals surface area contributed by atoms with E-state index in [9.17, 15) is 4.79 Å². The number of hydrogen-bond acceptors (Lipinski definition) is 6. The number of morpholine rings is 1. The van der Waals surface area contributed by atoms with Gasteiger partial charge in [-0.2, -0.15) is 0 Å². The highest BCUT2D eigenvalue weighted by Crippen LogP contribution is 2.27. The maximum atomic E-state index is 11.1. The van der Waals surface area contributed by atoms with E-state index in [1.807, 2.05) is 73.1 Å². The number of carbonyl (C=O) groups is 1. The summed E-state index contributed by atoms with van der Waals surface area (Å²) in [5.74, 6) is 0.838. The van der Waals surface area contributed by atoms with E-state index in [1.165, 1.54) is 0 Å². The van der Waals surface area contributed by atoms with Crippen molar-refractivity contribution in [2.75, 3.05) is 31.2 Å². The van der Waals surface area contributed by atoms with E-state index >= 15 is 0 Å². The molecule has 0 atom stereocenters. The summed E-state index contributed by atoms with van der Waals surface area (Å²) in [6.07, 6.45) is 8.69. The van der Waals surface area contributed by atoms with Crippen molar-refractivity contribution in [1.29, 1.82) is 0 Å². The predicted molar refractivity (Wildman–Crippen MR) is 138 cm³/mol. The number of imidazole rings is 1. The second kappa shape index (κ2) is 9.12. The summed E-state index contributed by atoms with van der Waals surface area (Å²) in [7, 11) is 0. The first-order valence-electron chi connectivity index (χ1n) is 11.6. The van der Waals surface area contributed by atoms with Crippen LogP contribution in [0.1, 0.15) is 21.7 Å². The van der Waals surface area contributed by atoms with E-state index < -0.39 is 0 Å². The number of nitrogens with zero attached hydrogens (tertiary/aromatic N) is 5. The second-order valence-electron chi connectivity index (χ2n) is 8.43. The van der Waals surface area contributed by atoms with E-state index in [4.69, 9.17) is 19.7 Å². The Labute approximate surface area is 202 Å². The zero-order chi connectivity index (χ0) is 23.6. The molecule has 7 nitrogen and oxygen atoms in total. The molecule has 3 aromatic heterocycles. The third-order valence-electron chi connectivity index (χ3n) is 6.19. The van der Waals surface area contributed by atoms with Crippen molar-refractivity contribution >= 4 is 40.8 Å². The van der Waals surface area contributed by atoms with Crippen molar-refractivity contribution in [3.05, 3.63) is 90.0 Å². The number of pyridine rings is 1. The van der Waals surface area contributed by atoms with Crippen molar-refractivity contribution in [3.8, 4) is 11.3 Å². The van der Waals surface area contributed by atoms with Crippen molar-refractivity contribution in [2.45, 2.75) is 0 Å². The van der Waals surface area contributed by atoms with Gasteiger partial charge in [-0.15, -0.1) is 0 Å². The van der Waals surface area contributed by atoms with Gasteiger partial charge in [0.05, 0.1) is 42.0 Å². The van der Waals surface area contributed by atoms with Crippen LogP contribution in [0.25, 0.3) is 40.0 Å². The molecule has 1 aliphatic rings. The van der Waals surface area contributed by atoms with Crippen molar-refractivity contribution in [2.24, 2.45) is 0 Å². The number of aldehydes is 1. The number of carbonyl (C=O) groups excluding carboxylic acids is 1. The molecular weight excluding hydrogens is 438 g/mol. The molecule has 4 heterocycles. The van der Waals surface area contributed by atoms with Crippen LogP contribution in [0.4, 0.5) is 5.82 Å². The van der Waals surface area contributed by atoms with Gasteiger partial charge in [-0.05, 0) is 24.3 Å². The first kappa shape index (κ1) is 21.2. The molecule has 1 fully saturated rings. The molecular formula is C28H23N5O2. The second-order valence-corrected chi connectivity index (χ2v) is 8.43. The minimum absolute atomic E-state index is 0.639. The first-order chi connectivity index (χ1) is 17.3. The SMILES string of the molecule is O=Cc1ccc(-c2cnc(N3CCOCC3)c3nc(/C=C/c4ccc5ccccc5n4)cn23)cc1. The lowest BCUT2D eigenvalue weighted by atomic mass is 10.1. The van der Waals surface area contributed by atoms with Gasteiger partial charge in [0.1, 0.15) is 6.29 Å². The number of benzene rings is 2. The third kappa shape index (κ3) is 4.18. The Bertz CT molecular complexity index is 1550. The van der Waals surface area contributed by atoms with E-state index in [-0.39, 0.29) is 0 Å². The van der Waals surface area contributed by atoms with Crippen LogP contribution >= 0.6 is 0 Å². The molecule has 172 valence electrons. The van der Waals surface area contributed by atoms with Crippen LogP contribution in [0.5, 0.6) is 0 Å². The molecule has 2 aromatic carbocycles. The molecule has 0 spiro atoms. The van der Waals surface area contributed by atoms with Crippen molar-refractivity contribution in [1.82, 2.24) is 19.4 Å². The van der Waals surface area contributed by atoms with Gasteiger partial charge < -0.3 is 9.64 Å². The van der Waals surface area contributed by atoms with Crippen LogP contribution in [-0.4, -0.2) is 51.9 Å². The molecule has 0 unspecified atom stereocenters. The van der Waals surface area contributed by atoms with Gasteiger partial charge in [-0.1, -0.05) is 48.5 Å². The molecule has 1 saturated heterocycles. The highest BCUT2D eigenvalue weighted by atomic mass is 16.5. The van der Waals surface area contributed by atoms with Crippen LogP contribution in [-0.2, 0) is 4.74 Å². The van der Waals surface area contributed by atoms with Gasteiger partial charge in [0.15, 0.2) is 11.5 Å². The standard InChI is InChI=1S/C28H23N5O2/c34-19-20-5-7-22(8-6-20)26-17-29-27(32-13-15-35-16-14-32)28-31-24(18-33(26)28)12-11-23-10-9-21-3-1-2-4-25(21)30-23/h1-12,17-19H,13-16H2/b12-11+. The highest BCUT2D eigenvalue weighted by Gasteiger charge is 2.19. The molecule has 1 aliphatic heterocycles. The average molecular weight is 462 g/mol. The molecule has 0 aliphatic carbocycles. The lowest BCUT2D eigenvalue weighted by Crippen LogP contribution is -2.37. The van der Waals surface area contributed by atoms with Crippen LogP contribution in [0, 0.1) is 0 Å². The summed E-state index contributed by atoms with van der Waals surface area (Å²) in [4.78, 5) is 27.8. The molecule has 7 heteroatoms. The fourth-order valence-corrected chi connectivity index (χ4v) is 4.35. The van der Waals surface area contributed by atoms with Crippen molar-refractivity contribution < 1.29 is 9.53 Å². The van der Waals surface area contributed by atoms with Crippen LogP contribution < -0.4 is 4.90 Å². The Kier molecular flexibility index (Phi) is 5.52. The normalized spacial score (nSPS) is 14.2. The Hall–Kier alpha value is -4.36. The smallest absolute Gasteiger partial charge is 0.181 e. The maximum absolute atomic E-state index is 11.1. The summed E-state index contributed by atoms with van der Waals surface area (Å²) in [5, 5.41) is 1.11. The van der Waals surface area contributed by atoms with Crippen LogP contribution in [0.2, 0.25) is 0 Å². The van der Waals surface area contributed by atoms with Gasteiger partial charge in [0.2, 0.25) is 0 Å². The zero-order valence-corrected chi connectivity index (χ0v) is 19.0. The molecule has 0 N–H and O–H groups in total. The number of aromatic nitrogens is 4. The topological polar surface area (TPSA) is 72.6 Å². The Morgan fingerprint density at radius 2 is 1.66 bits per heavy atom. The largest absolute Gasteiger partial charge is 0.378 e. The number of rotatable bonds is 5. The lowest BCUT2D eigenvalue weighted by Gasteiger charge is -2.28. The van der Waals surface area contributed by atoms with Gasteiger partial charge in [-0.3, -0.25) is 9.20 Å². The molecule has 6 rings (SSSR count). The molecule has 5 aromatic rings. The molecule has 0 saturated carbocycles. The van der Waals surface area contributed by atoms with E-state index in [0.29, 0.717) is 18.8 Å². The quantitative estimate of drug-likeness (QED) is 0.351. The average Bonchev–Trinajstić information content (AvgIpc) is 3.36. The number of ether oxygens (including phenoxy) is 1. The number of anilines is 1. The summed E-state index contributed by atoms with van der Waals surface area (Å²) < 4.78 is 7.60. The molecule has 35 heavy (non-hydrogen) atoms. The minimum Gasteiger partial charge on any atom is -0.378 e. The van der Waals surface area contributed by atoms with Gasteiger partial charge in [0.25, 0.3) is 0 Å². The fraction of sp³-hybridized carbons (Fsp3) is 0.143. The summed E-state index contributed by atoms with van der Waals surface area (Å²) in [6, 6.07) is 19.7. The van der Waals surface area contributed by atoms with Crippen molar-refractivity contribution in [3.63, 3.8) is 0 Å². The Balaban J connectivity index is 1.42. The third-order valence-corrected chi connectivity index (χ3v) is 6.19. The predicted octanol–water partition coefficient (Wildman–Crippen LogP) is 4.76. The van der Waals surface area contributed by atoms with E-state index in [2.05, 4.69) is 21.4 Å². The minimum atomic E-state index is 0.639. The summed E-state index contributed by atoms with van der Waals surface area (Å²) >= 11 is 0. The highest BCUT2D eigenvalue weighted by molar-refractivity contribution is 5.81. The molecule has 0 radical (unpaired) electrons. The van der Waals surface area contributed by atoms with E-state index in [0.717, 1.165) is 64.4 Å². The first-order valence-corrected chi connectivity index (χ1v) is 11.6. The van der Waals surface area contributed by atoms with Crippen LogP contribution in [0.3, 0.4) is 0 Å². The van der Waals surface area contributed by atoms with Gasteiger partial charge >= 0.3 is 0 Å². The molecule has 0 bridgehead atoms. The Morgan fingerprint density at radius 3 is 2.49 bits per heavy atom. The molecule has 0 amide bonds. The van der Waals surface area contributed by atoms with Gasteiger partial charge in [0, 0.05) is 35.8 Å². The fourth-order valence-electron chi connectivity index (χ4n) is 4.35. The van der Waals surface area contributed by atoms with Gasteiger partial charge in [-0.25, -0.2) is 15.0 Å². The van der Waals surface area contributed by atoms with E-state index in [1.54, 1.807) is 0 Å². The number of para-hydroxylation sites is 1. The van der Waals surface area contributed by atoms with Crippen LogP contribution in [0.15, 0.2) is 73.1 Å². The Morgan fingerprint density at radius 1 is 0.857 bits per heavy atom.